The van der Waals surface area contributed by atoms with Gasteiger partial charge in [-0.15, -0.1) is 0 Å². The van der Waals surface area contributed by atoms with Gasteiger partial charge in [0.15, 0.2) is 0 Å². The molecule has 0 atom stereocenters. The van der Waals surface area contributed by atoms with E-state index in [4.69, 9.17) is 11.6 Å². The fourth-order valence-electron chi connectivity index (χ4n) is 1.83. The Morgan fingerprint density at radius 3 is 2.71 bits per heavy atom. The van der Waals surface area contributed by atoms with Crippen molar-refractivity contribution in [3.05, 3.63) is 40.9 Å². The van der Waals surface area contributed by atoms with E-state index >= 15 is 0 Å². The second kappa shape index (κ2) is 6.34. The van der Waals surface area contributed by atoms with Crippen molar-refractivity contribution in [1.29, 1.82) is 0 Å². The molecule has 0 radical (unpaired) electrons. The molecule has 0 saturated carbocycles. The molecule has 1 heterocycles. The highest BCUT2D eigenvalue weighted by atomic mass is 35.5. The number of alkyl halides is 3. The van der Waals surface area contributed by atoms with E-state index in [0.717, 1.165) is 25.1 Å². The lowest BCUT2D eigenvalue weighted by molar-refractivity contribution is -0.137. The van der Waals surface area contributed by atoms with E-state index in [-0.39, 0.29) is 5.02 Å². The zero-order valence-corrected chi connectivity index (χ0v) is 12.0. The molecule has 0 spiro atoms. The van der Waals surface area contributed by atoms with Crippen LogP contribution in [0.1, 0.15) is 24.7 Å². The van der Waals surface area contributed by atoms with Crippen molar-refractivity contribution in [3.8, 4) is 0 Å². The van der Waals surface area contributed by atoms with Crippen molar-refractivity contribution in [2.24, 2.45) is 0 Å². The van der Waals surface area contributed by atoms with Crippen molar-refractivity contribution in [3.63, 3.8) is 0 Å². The SMILES string of the molecule is CCCn1ncnc1CNc1ccc(C(F)(F)F)cc1Cl. The molecule has 1 N–H and O–H groups in total. The van der Waals surface area contributed by atoms with Gasteiger partial charge in [-0.25, -0.2) is 9.67 Å². The Morgan fingerprint density at radius 1 is 1.33 bits per heavy atom. The first-order valence-electron chi connectivity index (χ1n) is 6.39. The fraction of sp³-hybridized carbons (Fsp3) is 0.385. The smallest absolute Gasteiger partial charge is 0.377 e. The number of aromatic nitrogens is 3. The van der Waals surface area contributed by atoms with Crippen molar-refractivity contribution in [2.75, 3.05) is 5.32 Å². The maximum Gasteiger partial charge on any atom is 0.416 e. The summed E-state index contributed by atoms with van der Waals surface area (Å²) in [5.74, 6) is 0.702. The van der Waals surface area contributed by atoms with E-state index in [2.05, 4.69) is 15.4 Å². The maximum absolute atomic E-state index is 12.5. The van der Waals surface area contributed by atoms with Crippen molar-refractivity contribution in [1.82, 2.24) is 14.8 Å². The molecule has 0 saturated heterocycles. The molecule has 0 amide bonds. The molecule has 2 rings (SSSR count). The quantitative estimate of drug-likeness (QED) is 0.907. The third kappa shape index (κ3) is 3.87. The third-order valence-electron chi connectivity index (χ3n) is 2.86. The lowest BCUT2D eigenvalue weighted by atomic mass is 10.2. The van der Waals surface area contributed by atoms with Gasteiger partial charge in [0.25, 0.3) is 0 Å². The minimum Gasteiger partial charge on any atom is -0.377 e. The van der Waals surface area contributed by atoms with Gasteiger partial charge in [-0.05, 0) is 24.6 Å². The van der Waals surface area contributed by atoms with Crippen LogP contribution in [0.2, 0.25) is 5.02 Å². The summed E-state index contributed by atoms with van der Waals surface area (Å²) >= 11 is 5.87. The average molecular weight is 319 g/mol. The summed E-state index contributed by atoms with van der Waals surface area (Å²) in [6.45, 7) is 3.09. The molecule has 114 valence electrons. The molecular formula is C13H14ClF3N4. The summed E-state index contributed by atoms with van der Waals surface area (Å²) in [6.07, 6.45) is -2.04. The van der Waals surface area contributed by atoms with Crippen LogP contribution in [-0.4, -0.2) is 14.8 Å². The predicted molar refractivity (Wildman–Crippen MR) is 74.1 cm³/mol. The summed E-state index contributed by atoms with van der Waals surface area (Å²) in [4.78, 5) is 4.10. The number of hydrogen-bond donors (Lipinski definition) is 1. The van der Waals surface area contributed by atoms with Gasteiger partial charge >= 0.3 is 6.18 Å². The largest absolute Gasteiger partial charge is 0.416 e. The van der Waals surface area contributed by atoms with Gasteiger partial charge in [0, 0.05) is 6.54 Å². The number of nitrogens with zero attached hydrogens (tertiary/aromatic N) is 3. The van der Waals surface area contributed by atoms with Crippen LogP contribution in [0.25, 0.3) is 0 Å². The maximum atomic E-state index is 12.5. The number of hydrogen-bond acceptors (Lipinski definition) is 3. The van der Waals surface area contributed by atoms with Gasteiger partial charge < -0.3 is 5.32 Å². The molecule has 4 nitrogen and oxygen atoms in total. The summed E-state index contributed by atoms with van der Waals surface area (Å²) in [6, 6.07) is 3.21. The van der Waals surface area contributed by atoms with Gasteiger partial charge in [0.1, 0.15) is 12.2 Å². The minimum atomic E-state index is -4.40. The van der Waals surface area contributed by atoms with E-state index in [1.807, 2.05) is 6.92 Å². The standard InChI is InChI=1S/C13H14ClF3N4/c1-2-5-21-12(19-8-20-21)7-18-11-4-3-9(6-10(11)14)13(15,16)17/h3-4,6,8,18H,2,5,7H2,1H3. The number of benzene rings is 1. The monoisotopic (exact) mass is 318 g/mol. The molecule has 0 aliphatic rings. The lowest BCUT2D eigenvalue weighted by Crippen LogP contribution is -2.11. The van der Waals surface area contributed by atoms with Gasteiger partial charge in [-0.3, -0.25) is 0 Å². The van der Waals surface area contributed by atoms with E-state index < -0.39 is 11.7 Å². The second-order valence-corrected chi connectivity index (χ2v) is 4.85. The molecule has 0 fully saturated rings. The highest BCUT2D eigenvalue weighted by Crippen LogP contribution is 2.33. The summed E-state index contributed by atoms with van der Waals surface area (Å²) in [7, 11) is 0. The van der Waals surface area contributed by atoms with Crippen LogP contribution in [0.3, 0.4) is 0 Å². The Kier molecular flexibility index (Phi) is 4.72. The van der Waals surface area contributed by atoms with E-state index in [1.165, 1.54) is 12.4 Å². The topological polar surface area (TPSA) is 42.7 Å². The van der Waals surface area contributed by atoms with Crippen LogP contribution in [0, 0.1) is 0 Å². The molecule has 1 aromatic heterocycles. The van der Waals surface area contributed by atoms with E-state index in [1.54, 1.807) is 4.68 Å². The van der Waals surface area contributed by atoms with E-state index in [9.17, 15) is 13.2 Å². The first-order chi connectivity index (χ1) is 9.91. The normalized spacial score (nSPS) is 11.7. The number of nitrogens with one attached hydrogen (secondary N) is 1. The number of aryl methyl sites for hydroxylation is 1. The first kappa shape index (κ1) is 15.6. The third-order valence-corrected chi connectivity index (χ3v) is 3.18. The Labute approximate surface area is 124 Å². The van der Waals surface area contributed by atoms with Gasteiger partial charge in [-0.2, -0.15) is 18.3 Å². The molecular weight excluding hydrogens is 305 g/mol. The summed E-state index contributed by atoms with van der Waals surface area (Å²) < 4.78 is 39.4. The molecule has 2 aromatic rings. The van der Waals surface area contributed by atoms with Crippen LogP contribution in [0.15, 0.2) is 24.5 Å². The molecule has 1 aromatic carbocycles. The first-order valence-corrected chi connectivity index (χ1v) is 6.77. The molecule has 0 unspecified atom stereocenters. The van der Waals surface area contributed by atoms with Crippen LogP contribution in [0.4, 0.5) is 18.9 Å². The zero-order chi connectivity index (χ0) is 15.5. The Morgan fingerprint density at radius 2 is 2.10 bits per heavy atom. The van der Waals surface area contributed by atoms with Gasteiger partial charge in [-0.1, -0.05) is 18.5 Å². The zero-order valence-electron chi connectivity index (χ0n) is 11.3. The van der Waals surface area contributed by atoms with Crippen LogP contribution in [-0.2, 0) is 19.3 Å². The summed E-state index contributed by atoms with van der Waals surface area (Å²) in [5, 5.41) is 7.06. The highest BCUT2D eigenvalue weighted by Gasteiger charge is 2.30. The van der Waals surface area contributed by atoms with Crippen LogP contribution >= 0.6 is 11.6 Å². The molecule has 0 aliphatic heterocycles. The number of anilines is 1. The lowest BCUT2D eigenvalue weighted by Gasteiger charge is -2.12. The predicted octanol–water partition coefficient (Wildman–Crippen LogP) is 3.97. The van der Waals surface area contributed by atoms with E-state index in [0.29, 0.717) is 18.1 Å². The van der Waals surface area contributed by atoms with Crippen LogP contribution in [0.5, 0.6) is 0 Å². The Bertz CT molecular complexity index is 610. The van der Waals surface area contributed by atoms with Crippen molar-refractivity contribution >= 4 is 17.3 Å². The molecule has 21 heavy (non-hydrogen) atoms. The van der Waals surface area contributed by atoms with Gasteiger partial charge in [0.2, 0.25) is 0 Å². The Balaban J connectivity index is 2.08. The van der Waals surface area contributed by atoms with Crippen molar-refractivity contribution < 1.29 is 13.2 Å². The van der Waals surface area contributed by atoms with Gasteiger partial charge in [0.05, 0.1) is 22.8 Å². The molecule has 0 aliphatic carbocycles. The number of halogens is 4. The minimum absolute atomic E-state index is 0.0198. The fourth-order valence-corrected chi connectivity index (χ4v) is 2.08. The highest BCUT2D eigenvalue weighted by molar-refractivity contribution is 6.33. The van der Waals surface area contributed by atoms with Crippen molar-refractivity contribution in [2.45, 2.75) is 32.6 Å². The molecule has 8 heteroatoms. The Hall–Kier alpha value is -1.76. The van der Waals surface area contributed by atoms with Crippen LogP contribution < -0.4 is 5.32 Å². The second-order valence-electron chi connectivity index (χ2n) is 4.45. The number of rotatable bonds is 5. The summed E-state index contributed by atoms with van der Waals surface area (Å²) in [5.41, 5.74) is -0.345. The average Bonchev–Trinajstić information content (AvgIpc) is 2.84. The molecule has 0 bridgehead atoms.